The minimum atomic E-state index is -0.381. The summed E-state index contributed by atoms with van der Waals surface area (Å²) in [4.78, 5) is 12.3. The monoisotopic (exact) mass is 334 g/mol. The highest BCUT2D eigenvalue weighted by Crippen LogP contribution is 2.27. The SMILES string of the molecule is CCC(C)Nc1ccc(C(=O)Nc2cc(Cl)ccc2OC)nn1. The van der Waals surface area contributed by atoms with E-state index in [2.05, 4.69) is 27.8 Å². The van der Waals surface area contributed by atoms with Crippen LogP contribution in [0.3, 0.4) is 0 Å². The number of aromatic nitrogens is 2. The van der Waals surface area contributed by atoms with Crippen LogP contribution in [0.5, 0.6) is 5.75 Å². The van der Waals surface area contributed by atoms with Crippen molar-refractivity contribution in [3.8, 4) is 5.75 Å². The number of benzene rings is 1. The van der Waals surface area contributed by atoms with Gasteiger partial charge in [-0.1, -0.05) is 18.5 Å². The van der Waals surface area contributed by atoms with Crippen LogP contribution < -0.4 is 15.4 Å². The lowest BCUT2D eigenvalue weighted by atomic mass is 10.2. The smallest absolute Gasteiger partial charge is 0.276 e. The Morgan fingerprint density at radius 2 is 2.09 bits per heavy atom. The summed E-state index contributed by atoms with van der Waals surface area (Å²) >= 11 is 5.94. The first-order chi connectivity index (χ1) is 11.0. The van der Waals surface area contributed by atoms with Gasteiger partial charge >= 0.3 is 0 Å². The highest BCUT2D eigenvalue weighted by atomic mass is 35.5. The molecule has 0 spiro atoms. The zero-order chi connectivity index (χ0) is 16.8. The minimum absolute atomic E-state index is 0.210. The van der Waals surface area contributed by atoms with Crippen LogP contribution in [0, 0.1) is 0 Å². The first-order valence-corrected chi connectivity index (χ1v) is 7.66. The number of hydrogen-bond donors (Lipinski definition) is 2. The second-order valence-corrected chi connectivity index (χ2v) is 5.49. The summed E-state index contributed by atoms with van der Waals surface area (Å²) in [6.07, 6.45) is 0.971. The highest BCUT2D eigenvalue weighted by molar-refractivity contribution is 6.31. The number of carbonyl (C=O) groups is 1. The van der Waals surface area contributed by atoms with Crippen molar-refractivity contribution in [3.63, 3.8) is 0 Å². The second-order valence-electron chi connectivity index (χ2n) is 5.06. The van der Waals surface area contributed by atoms with Crippen molar-refractivity contribution in [2.24, 2.45) is 0 Å². The van der Waals surface area contributed by atoms with E-state index in [1.165, 1.54) is 7.11 Å². The van der Waals surface area contributed by atoms with Crippen LogP contribution in [0.25, 0.3) is 0 Å². The fourth-order valence-electron chi connectivity index (χ4n) is 1.85. The Hall–Kier alpha value is -2.34. The molecule has 1 atom stereocenters. The molecule has 0 aliphatic heterocycles. The predicted molar refractivity (Wildman–Crippen MR) is 91.4 cm³/mol. The fourth-order valence-corrected chi connectivity index (χ4v) is 2.02. The first-order valence-electron chi connectivity index (χ1n) is 7.28. The Labute approximate surface area is 140 Å². The van der Waals surface area contributed by atoms with Gasteiger partial charge < -0.3 is 15.4 Å². The van der Waals surface area contributed by atoms with Gasteiger partial charge in [-0.15, -0.1) is 10.2 Å². The van der Waals surface area contributed by atoms with Crippen molar-refractivity contribution >= 4 is 29.0 Å². The third-order valence-electron chi connectivity index (χ3n) is 3.31. The van der Waals surface area contributed by atoms with Crippen LogP contribution >= 0.6 is 11.6 Å². The molecule has 2 aromatic rings. The van der Waals surface area contributed by atoms with Gasteiger partial charge in [-0.25, -0.2) is 0 Å². The number of methoxy groups -OCH3 is 1. The molecule has 2 N–H and O–H groups in total. The third-order valence-corrected chi connectivity index (χ3v) is 3.55. The molecule has 1 aromatic heterocycles. The van der Waals surface area contributed by atoms with Crippen molar-refractivity contribution in [2.45, 2.75) is 26.3 Å². The molecule has 2 rings (SSSR count). The van der Waals surface area contributed by atoms with E-state index in [4.69, 9.17) is 16.3 Å². The molecule has 1 amide bonds. The summed E-state index contributed by atoms with van der Waals surface area (Å²) in [5, 5.41) is 14.4. The average Bonchev–Trinajstić information content (AvgIpc) is 2.55. The van der Waals surface area contributed by atoms with E-state index in [9.17, 15) is 4.79 Å². The normalized spacial score (nSPS) is 11.7. The van der Waals surface area contributed by atoms with Crippen LogP contribution in [-0.2, 0) is 0 Å². The van der Waals surface area contributed by atoms with Crippen molar-refractivity contribution in [2.75, 3.05) is 17.7 Å². The van der Waals surface area contributed by atoms with E-state index in [-0.39, 0.29) is 11.6 Å². The van der Waals surface area contributed by atoms with Gasteiger partial charge in [0.05, 0.1) is 12.8 Å². The molecule has 0 radical (unpaired) electrons. The molecule has 1 aromatic carbocycles. The van der Waals surface area contributed by atoms with Crippen molar-refractivity contribution in [1.82, 2.24) is 10.2 Å². The Morgan fingerprint density at radius 1 is 1.30 bits per heavy atom. The second kappa shape index (κ2) is 7.78. The summed E-state index contributed by atoms with van der Waals surface area (Å²) < 4.78 is 5.19. The van der Waals surface area contributed by atoms with Crippen LogP contribution in [0.15, 0.2) is 30.3 Å². The first kappa shape index (κ1) is 17.0. The lowest BCUT2D eigenvalue weighted by Gasteiger charge is -2.12. The van der Waals surface area contributed by atoms with Crippen LogP contribution in [0.1, 0.15) is 30.8 Å². The number of hydrogen-bond acceptors (Lipinski definition) is 5. The number of ether oxygens (including phenoxy) is 1. The van der Waals surface area contributed by atoms with E-state index in [1.54, 1.807) is 30.3 Å². The molecule has 7 heteroatoms. The van der Waals surface area contributed by atoms with Gasteiger partial charge in [-0.2, -0.15) is 0 Å². The van der Waals surface area contributed by atoms with Crippen molar-refractivity contribution < 1.29 is 9.53 Å². The molecule has 0 fully saturated rings. The Morgan fingerprint density at radius 3 is 2.70 bits per heavy atom. The zero-order valence-corrected chi connectivity index (χ0v) is 14.0. The van der Waals surface area contributed by atoms with E-state index >= 15 is 0 Å². The summed E-state index contributed by atoms with van der Waals surface area (Å²) in [7, 11) is 1.52. The van der Waals surface area contributed by atoms with Gasteiger partial charge in [0.15, 0.2) is 5.69 Å². The summed E-state index contributed by atoms with van der Waals surface area (Å²) in [6, 6.07) is 8.62. The summed E-state index contributed by atoms with van der Waals surface area (Å²) in [6.45, 7) is 4.12. The number of rotatable bonds is 6. The van der Waals surface area contributed by atoms with Gasteiger partial charge in [0.1, 0.15) is 11.6 Å². The molecule has 0 saturated carbocycles. The molecule has 23 heavy (non-hydrogen) atoms. The van der Waals surface area contributed by atoms with E-state index in [0.29, 0.717) is 28.3 Å². The van der Waals surface area contributed by atoms with Gasteiger partial charge in [0, 0.05) is 11.1 Å². The number of carbonyl (C=O) groups excluding carboxylic acids is 1. The van der Waals surface area contributed by atoms with Crippen LogP contribution in [-0.4, -0.2) is 29.3 Å². The molecular weight excluding hydrogens is 316 g/mol. The Balaban J connectivity index is 2.10. The minimum Gasteiger partial charge on any atom is -0.495 e. The molecule has 0 aliphatic carbocycles. The van der Waals surface area contributed by atoms with Gasteiger partial charge in [0.2, 0.25) is 0 Å². The van der Waals surface area contributed by atoms with Crippen molar-refractivity contribution in [1.29, 1.82) is 0 Å². The van der Waals surface area contributed by atoms with Crippen LogP contribution in [0.4, 0.5) is 11.5 Å². The molecule has 6 nitrogen and oxygen atoms in total. The van der Waals surface area contributed by atoms with E-state index in [0.717, 1.165) is 6.42 Å². The third kappa shape index (κ3) is 4.56. The van der Waals surface area contributed by atoms with Crippen molar-refractivity contribution in [3.05, 3.63) is 41.0 Å². The Kier molecular flexibility index (Phi) is 5.76. The average molecular weight is 335 g/mol. The van der Waals surface area contributed by atoms with Gasteiger partial charge in [-0.3, -0.25) is 4.79 Å². The Bertz CT molecular complexity index is 676. The van der Waals surface area contributed by atoms with Crippen LogP contribution in [0.2, 0.25) is 5.02 Å². The number of halogens is 1. The zero-order valence-electron chi connectivity index (χ0n) is 13.3. The predicted octanol–water partition coefficient (Wildman–Crippen LogP) is 3.60. The molecule has 1 heterocycles. The number of nitrogens with zero attached hydrogens (tertiary/aromatic N) is 2. The molecule has 1 unspecified atom stereocenters. The highest BCUT2D eigenvalue weighted by Gasteiger charge is 2.12. The number of amides is 1. The lowest BCUT2D eigenvalue weighted by Crippen LogP contribution is -2.17. The summed E-state index contributed by atoms with van der Waals surface area (Å²) in [5.74, 6) is 0.773. The maximum absolute atomic E-state index is 12.3. The molecular formula is C16H19ClN4O2. The van der Waals surface area contributed by atoms with Gasteiger partial charge in [0.25, 0.3) is 5.91 Å². The van der Waals surface area contributed by atoms with Gasteiger partial charge in [-0.05, 0) is 43.7 Å². The fraction of sp³-hybridized carbons (Fsp3) is 0.312. The maximum Gasteiger partial charge on any atom is 0.276 e. The maximum atomic E-state index is 12.3. The quantitative estimate of drug-likeness (QED) is 0.844. The molecule has 0 saturated heterocycles. The largest absolute Gasteiger partial charge is 0.495 e. The standard InChI is InChI=1S/C16H19ClN4O2/c1-4-10(2)18-15-8-6-12(20-21-15)16(22)19-13-9-11(17)5-7-14(13)23-3/h5-10H,4H2,1-3H3,(H,18,21)(H,19,22). The topological polar surface area (TPSA) is 76.1 Å². The van der Waals surface area contributed by atoms with E-state index in [1.807, 2.05) is 6.92 Å². The number of nitrogens with one attached hydrogen (secondary N) is 2. The molecule has 0 aliphatic rings. The molecule has 0 bridgehead atoms. The lowest BCUT2D eigenvalue weighted by molar-refractivity contribution is 0.102. The number of anilines is 2. The van der Waals surface area contributed by atoms with E-state index < -0.39 is 0 Å². The summed E-state index contributed by atoms with van der Waals surface area (Å²) in [5.41, 5.74) is 0.690. The molecule has 122 valence electrons.